The fourth-order valence-corrected chi connectivity index (χ4v) is 4.15. The van der Waals surface area contributed by atoms with E-state index in [9.17, 15) is 5.11 Å². The van der Waals surface area contributed by atoms with Crippen LogP contribution in [0.5, 0.6) is 0 Å². The Morgan fingerprint density at radius 1 is 1.26 bits per heavy atom. The van der Waals surface area contributed by atoms with Crippen LogP contribution >= 0.6 is 0 Å². The highest BCUT2D eigenvalue weighted by atomic mass is 16.3. The van der Waals surface area contributed by atoms with Crippen molar-refractivity contribution < 1.29 is 5.11 Å². The Balaban J connectivity index is 1.67. The highest BCUT2D eigenvalue weighted by Crippen LogP contribution is 2.48. The van der Waals surface area contributed by atoms with Crippen LogP contribution in [-0.4, -0.2) is 18.7 Å². The molecule has 1 aromatic rings. The van der Waals surface area contributed by atoms with Crippen LogP contribution in [0.1, 0.15) is 36.8 Å². The van der Waals surface area contributed by atoms with E-state index < -0.39 is 0 Å². The summed E-state index contributed by atoms with van der Waals surface area (Å²) in [7, 11) is 2.21. The third kappa shape index (κ3) is 2.51. The van der Waals surface area contributed by atoms with Gasteiger partial charge in [-0.15, -0.1) is 0 Å². The molecular weight excluding hydrogens is 234 g/mol. The molecule has 0 radical (unpaired) electrons. The van der Waals surface area contributed by atoms with Gasteiger partial charge in [0.2, 0.25) is 0 Å². The molecule has 0 saturated heterocycles. The van der Waals surface area contributed by atoms with Crippen molar-refractivity contribution in [3.63, 3.8) is 0 Å². The lowest BCUT2D eigenvalue weighted by molar-refractivity contribution is 0.281. The Morgan fingerprint density at radius 3 is 2.68 bits per heavy atom. The Kier molecular flexibility index (Phi) is 3.53. The van der Waals surface area contributed by atoms with E-state index in [1.807, 2.05) is 0 Å². The van der Waals surface area contributed by atoms with Crippen molar-refractivity contribution in [2.24, 2.45) is 17.8 Å². The maximum Gasteiger partial charge on any atom is 0.0684 e. The minimum Gasteiger partial charge on any atom is -0.392 e. The fraction of sp³-hybridized carbons (Fsp3) is 0.647. The smallest absolute Gasteiger partial charge is 0.0684 e. The molecule has 0 amide bonds. The van der Waals surface area contributed by atoms with E-state index in [1.165, 1.54) is 43.5 Å². The minimum absolute atomic E-state index is 0.141. The van der Waals surface area contributed by atoms with Crippen LogP contribution in [0.4, 0.5) is 5.69 Å². The third-order valence-corrected chi connectivity index (χ3v) is 5.33. The molecule has 19 heavy (non-hydrogen) atoms. The zero-order valence-electron chi connectivity index (χ0n) is 12.1. The van der Waals surface area contributed by atoms with Crippen LogP contribution in [-0.2, 0) is 6.61 Å². The first-order chi connectivity index (χ1) is 9.17. The summed E-state index contributed by atoms with van der Waals surface area (Å²) in [5.74, 6) is 2.92. The number of aryl methyl sites for hydroxylation is 1. The second kappa shape index (κ2) is 5.16. The summed E-state index contributed by atoms with van der Waals surface area (Å²) in [5.41, 5.74) is 3.52. The molecule has 1 N–H and O–H groups in total. The van der Waals surface area contributed by atoms with E-state index in [1.54, 1.807) is 0 Å². The summed E-state index contributed by atoms with van der Waals surface area (Å²) in [4.78, 5) is 2.40. The van der Waals surface area contributed by atoms with Gasteiger partial charge in [0.15, 0.2) is 0 Å². The van der Waals surface area contributed by atoms with Gasteiger partial charge in [-0.1, -0.05) is 12.5 Å². The topological polar surface area (TPSA) is 23.5 Å². The zero-order valence-corrected chi connectivity index (χ0v) is 12.1. The van der Waals surface area contributed by atoms with Crippen molar-refractivity contribution in [2.45, 2.75) is 39.2 Å². The average Bonchev–Trinajstić information content (AvgIpc) is 3.00. The van der Waals surface area contributed by atoms with Gasteiger partial charge < -0.3 is 10.0 Å². The maximum atomic E-state index is 9.24. The Labute approximate surface area is 116 Å². The van der Waals surface area contributed by atoms with Crippen molar-refractivity contribution in [1.29, 1.82) is 0 Å². The van der Waals surface area contributed by atoms with Gasteiger partial charge in [0.25, 0.3) is 0 Å². The van der Waals surface area contributed by atoms with Crippen molar-refractivity contribution in [3.8, 4) is 0 Å². The molecule has 2 saturated carbocycles. The summed E-state index contributed by atoms with van der Waals surface area (Å²) in [5, 5.41) is 9.24. The molecular formula is C17H25NO. The highest BCUT2D eigenvalue weighted by molar-refractivity contribution is 5.50. The van der Waals surface area contributed by atoms with E-state index in [2.05, 4.69) is 37.1 Å². The Morgan fingerprint density at radius 2 is 2.11 bits per heavy atom. The maximum absolute atomic E-state index is 9.24. The normalized spacial score (nSPS) is 28.9. The third-order valence-electron chi connectivity index (χ3n) is 5.33. The SMILES string of the molecule is Cc1cc(N(C)CC2CC3CCC2C3)ccc1CO. The first-order valence-electron chi connectivity index (χ1n) is 7.59. The quantitative estimate of drug-likeness (QED) is 0.896. The number of hydrogen-bond donors (Lipinski definition) is 1. The number of benzene rings is 1. The molecule has 2 fully saturated rings. The fourth-order valence-electron chi connectivity index (χ4n) is 4.15. The molecule has 104 valence electrons. The van der Waals surface area contributed by atoms with Gasteiger partial charge in [0, 0.05) is 19.3 Å². The average molecular weight is 259 g/mol. The molecule has 0 aliphatic heterocycles. The van der Waals surface area contributed by atoms with Gasteiger partial charge in [-0.25, -0.2) is 0 Å². The first-order valence-corrected chi connectivity index (χ1v) is 7.59. The van der Waals surface area contributed by atoms with Crippen LogP contribution < -0.4 is 4.90 Å². The Hall–Kier alpha value is -1.02. The van der Waals surface area contributed by atoms with Gasteiger partial charge in [0.1, 0.15) is 0 Å². The molecule has 2 aliphatic carbocycles. The van der Waals surface area contributed by atoms with E-state index in [4.69, 9.17) is 0 Å². The number of anilines is 1. The van der Waals surface area contributed by atoms with E-state index in [0.29, 0.717) is 0 Å². The van der Waals surface area contributed by atoms with Gasteiger partial charge in [-0.3, -0.25) is 0 Å². The lowest BCUT2D eigenvalue weighted by atomic mass is 9.88. The molecule has 2 bridgehead atoms. The van der Waals surface area contributed by atoms with Gasteiger partial charge in [-0.05, 0) is 67.2 Å². The van der Waals surface area contributed by atoms with Crippen LogP contribution in [0.2, 0.25) is 0 Å². The van der Waals surface area contributed by atoms with Crippen LogP contribution in [0.15, 0.2) is 18.2 Å². The largest absolute Gasteiger partial charge is 0.392 e. The van der Waals surface area contributed by atoms with Crippen molar-refractivity contribution in [3.05, 3.63) is 29.3 Å². The molecule has 3 unspecified atom stereocenters. The number of fused-ring (bicyclic) bond motifs is 2. The van der Waals surface area contributed by atoms with E-state index >= 15 is 0 Å². The molecule has 3 atom stereocenters. The summed E-state index contributed by atoms with van der Waals surface area (Å²) in [6, 6.07) is 6.41. The Bertz CT molecular complexity index is 457. The molecule has 0 spiro atoms. The van der Waals surface area contributed by atoms with Crippen LogP contribution in [0, 0.1) is 24.7 Å². The molecule has 2 heteroatoms. The van der Waals surface area contributed by atoms with Crippen LogP contribution in [0.3, 0.4) is 0 Å². The number of aliphatic hydroxyl groups excluding tert-OH is 1. The first kappa shape index (κ1) is 13.0. The lowest BCUT2D eigenvalue weighted by Crippen LogP contribution is -2.28. The van der Waals surface area contributed by atoms with Gasteiger partial charge >= 0.3 is 0 Å². The van der Waals surface area contributed by atoms with Crippen molar-refractivity contribution in [2.75, 3.05) is 18.5 Å². The van der Waals surface area contributed by atoms with Gasteiger partial charge in [-0.2, -0.15) is 0 Å². The molecule has 0 heterocycles. The molecule has 3 rings (SSSR count). The number of rotatable bonds is 4. The standard InChI is InChI=1S/C17H25NO/c1-12-7-17(6-5-15(12)11-19)18(2)10-16-9-13-3-4-14(16)8-13/h5-7,13-14,16,19H,3-4,8-11H2,1-2H3. The molecule has 2 nitrogen and oxygen atoms in total. The number of aliphatic hydroxyl groups is 1. The van der Waals surface area contributed by atoms with Crippen molar-refractivity contribution >= 4 is 5.69 Å². The van der Waals surface area contributed by atoms with Gasteiger partial charge in [0.05, 0.1) is 6.61 Å². The number of hydrogen-bond acceptors (Lipinski definition) is 2. The summed E-state index contributed by atoms with van der Waals surface area (Å²) >= 11 is 0. The number of nitrogens with zero attached hydrogens (tertiary/aromatic N) is 1. The molecule has 1 aromatic carbocycles. The summed E-state index contributed by atoms with van der Waals surface area (Å²) in [6.45, 7) is 3.42. The minimum atomic E-state index is 0.141. The van der Waals surface area contributed by atoms with Crippen LogP contribution in [0.25, 0.3) is 0 Å². The second-order valence-electron chi connectivity index (χ2n) is 6.58. The second-order valence-corrected chi connectivity index (χ2v) is 6.58. The van der Waals surface area contributed by atoms with E-state index in [-0.39, 0.29) is 6.61 Å². The lowest BCUT2D eigenvalue weighted by Gasteiger charge is -2.29. The van der Waals surface area contributed by atoms with E-state index in [0.717, 1.165) is 23.3 Å². The highest BCUT2D eigenvalue weighted by Gasteiger charge is 2.39. The summed E-state index contributed by atoms with van der Waals surface area (Å²) in [6.07, 6.45) is 5.88. The predicted octanol–water partition coefficient (Wildman–Crippen LogP) is 3.36. The van der Waals surface area contributed by atoms with Crippen molar-refractivity contribution in [1.82, 2.24) is 0 Å². The molecule has 0 aromatic heterocycles. The monoisotopic (exact) mass is 259 g/mol. The predicted molar refractivity (Wildman–Crippen MR) is 79.3 cm³/mol. The zero-order chi connectivity index (χ0) is 13.4. The molecule has 2 aliphatic rings. The summed E-state index contributed by atoms with van der Waals surface area (Å²) < 4.78 is 0.